The zero-order valence-corrected chi connectivity index (χ0v) is 13.1. The molecule has 2 heterocycles. The summed E-state index contributed by atoms with van der Waals surface area (Å²) in [6, 6.07) is 8.08. The molecule has 25 heavy (non-hydrogen) atoms. The minimum Gasteiger partial charge on any atom is -0.508 e. The molecule has 0 fully saturated rings. The Balaban J connectivity index is 2.14. The van der Waals surface area contributed by atoms with Gasteiger partial charge >= 0.3 is 6.09 Å². The van der Waals surface area contributed by atoms with E-state index in [1.807, 2.05) is 0 Å². The first-order chi connectivity index (χ1) is 12.0. The summed E-state index contributed by atoms with van der Waals surface area (Å²) in [5.74, 6) is -0.264. The monoisotopic (exact) mass is 342 g/mol. The smallest absolute Gasteiger partial charge is 0.411 e. The number of nitrogens with zero attached hydrogens (tertiary/aromatic N) is 1. The Labute approximate surface area is 141 Å². The van der Waals surface area contributed by atoms with Crippen molar-refractivity contribution < 1.29 is 24.2 Å². The average Bonchev–Trinajstić information content (AvgIpc) is 2.54. The Morgan fingerprint density at radius 1 is 1.24 bits per heavy atom. The molecule has 0 radical (unpaired) electrons. The minimum atomic E-state index is -0.715. The number of phenolic OH excluding ortho intramolecular Hbond substituents is 1. The van der Waals surface area contributed by atoms with Crippen LogP contribution in [0.25, 0.3) is 22.4 Å². The average molecular weight is 342 g/mol. The van der Waals surface area contributed by atoms with Gasteiger partial charge in [0.25, 0.3) is 0 Å². The van der Waals surface area contributed by atoms with Gasteiger partial charge < -0.3 is 19.4 Å². The Morgan fingerprint density at radius 3 is 2.80 bits per heavy atom. The van der Waals surface area contributed by atoms with E-state index in [2.05, 4.69) is 10.3 Å². The predicted octanol–water partition coefficient (Wildman–Crippen LogP) is 2.83. The van der Waals surface area contributed by atoms with Crippen molar-refractivity contribution >= 4 is 22.9 Å². The molecule has 0 aliphatic rings. The third-order valence-corrected chi connectivity index (χ3v) is 3.36. The van der Waals surface area contributed by atoms with Crippen LogP contribution in [0.15, 0.2) is 45.6 Å². The molecule has 0 aliphatic heterocycles. The van der Waals surface area contributed by atoms with Crippen LogP contribution in [-0.4, -0.2) is 27.9 Å². The number of nitrogens with one attached hydrogen (secondary N) is 1. The number of amides is 1. The molecule has 0 saturated carbocycles. The van der Waals surface area contributed by atoms with E-state index in [9.17, 15) is 19.8 Å². The Morgan fingerprint density at radius 2 is 2.04 bits per heavy atom. The third kappa shape index (κ3) is 3.37. The summed E-state index contributed by atoms with van der Waals surface area (Å²) in [6.07, 6.45) is -0.715. The molecule has 0 spiro atoms. The second-order valence-corrected chi connectivity index (χ2v) is 5.07. The summed E-state index contributed by atoms with van der Waals surface area (Å²) in [6.45, 7) is 1.83. The topological polar surface area (TPSA) is 122 Å². The number of aromatic hydroxyl groups is 2. The number of carbonyl (C=O) groups excluding carboxylic acids is 1. The molecule has 3 N–H and O–H groups in total. The van der Waals surface area contributed by atoms with Crippen LogP contribution in [0.5, 0.6) is 11.6 Å². The zero-order valence-electron chi connectivity index (χ0n) is 13.1. The number of fused-ring (bicyclic) bond motifs is 1. The second kappa shape index (κ2) is 6.52. The van der Waals surface area contributed by atoms with Crippen LogP contribution in [-0.2, 0) is 4.74 Å². The van der Waals surface area contributed by atoms with Crippen molar-refractivity contribution in [2.45, 2.75) is 6.92 Å². The lowest BCUT2D eigenvalue weighted by Crippen LogP contribution is -2.14. The quantitative estimate of drug-likeness (QED) is 0.669. The number of hydrogen-bond acceptors (Lipinski definition) is 7. The van der Waals surface area contributed by atoms with Crippen molar-refractivity contribution in [3.63, 3.8) is 0 Å². The SMILES string of the molecule is CCOC(=O)Nc1cc(O)ccc1-c1cc(=O)c2ccc(O)nc2o1. The first-order valence-corrected chi connectivity index (χ1v) is 7.39. The molecule has 0 unspecified atom stereocenters. The van der Waals surface area contributed by atoms with Gasteiger partial charge in [-0.2, -0.15) is 4.98 Å². The third-order valence-electron chi connectivity index (χ3n) is 3.36. The summed E-state index contributed by atoms with van der Waals surface area (Å²) in [4.78, 5) is 27.7. The van der Waals surface area contributed by atoms with Crippen molar-refractivity contribution in [3.8, 4) is 23.0 Å². The molecular weight excluding hydrogens is 328 g/mol. The lowest BCUT2D eigenvalue weighted by molar-refractivity contribution is 0.168. The Hall–Kier alpha value is -3.55. The van der Waals surface area contributed by atoms with Gasteiger partial charge in [-0.15, -0.1) is 0 Å². The minimum absolute atomic E-state index is 0.0438. The maximum atomic E-state index is 12.2. The fraction of sp³-hybridized carbons (Fsp3) is 0.118. The molecule has 0 bridgehead atoms. The molecule has 3 aromatic rings. The molecule has 1 amide bonds. The number of rotatable bonds is 3. The number of hydrogen-bond donors (Lipinski definition) is 3. The van der Waals surface area contributed by atoms with Gasteiger partial charge in [0, 0.05) is 23.8 Å². The predicted molar refractivity (Wildman–Crippen MR) is 89.7 cm³/mol. The van der Waals surface area contributed by atoms with Gasteiger partial charge in [-0.1, -0.05) is 0 Å². The fourth-order valence-electron chi connectivity index (χ4n) is 2.29. The number of aromatic nitrogens is 1. The van der Waals surface area contributed by atoms with Crippen molar-refractivity contribution in [1.82, 2.24) is 4.98 Å². The molecule has 2 aromatic heterocycles. The van der Waals surface area contributed by atoms with E-state index in [1.165, 1.54) is 36.4 Å². The van der Waals surface area contributed by atoms with Crippen LogP contribution >= 0.6 is 0 Å². The van der Waals surface area contributed by atoms with E-state index in [0.717, 1.165) is 0 Å². The van der Waals surface area contributed by atoms with Gasteiger partial charge in [0.1, 0.15) is 11.5 Å². The molecule has 1 aromatic carbocycles. The van der Waals surface area contributed by atoms with E-state index in [-0.39, 0.29) is 46.2 Å². The summed E-state index contributed by atoms with van der Waals surface area (Å²) >= 11 is 0. The lowest BCUT2D eigenvalue weighted by Gasteiger charge is -2.11. The summed E-state index contributed by atoms with van der Waals surface area (Å²) < 4.78 is 10.4. The molecule has 0 atom stereocenters. The first-order valence-electron chi connectivity index (χ1n) is 7.39. The normalized spacial score (nSPS) is 10.6. The number of ether oxygens (including phenoxy) is 1. The molecule has 0 saturated heterocycles. The number of carbonyl (C=O) groups is 1. The van der Waals surface area contributed by atoms with E-state index in [0.29, 0.717) is 5.56 Å². The molecule has 8 nitrogen and oxygen atoms in total. The van der Waals surface area contributed by atoms with Crippen molar-refractivity contribution in [2.75, 3.05) is 11.9 Å². The standard InChI is InChI=1S/C17H14N2O6/c1-2-24-17(23)18-12-7-9(20)3-4-10(12)14-8-13(21)11-5-6-15(22)19-16(11)25-14/h3-8,20H,2H2,1H3,(H,18,23)(H,19,22). The van der Waals surface area contributed by atoms with Crippen molar-refractivity contribution in [2.24, 2.45) is 0 Å². The van der Waals surface area contributed by atoms with E-state index in [4.69, 9.17) is 9.15 Å². The molecule has 0 aliphatic carbocycles. The highest BCUT2D eigenvalue weighted by Gasteiger charge is 2.15. The number of pyridine rings is 1. The highest BCUT2D eigenvalue weighted by molar-refractivity contribution is 5.91. The van der Waals surface area contributed by atoms with E-state index >= 15 is 0 Å². The van der Waals surface area contributed by atoms with E-state index < -0.39 is 6.09 Å². The molecule has 128 valence electrons. The molecule has 8 heteroatoms. The van der Waals surface area contributed by atoms with Gasteiger partial charge in [-0.3, -0.25) is 10.1 Å². The largest absolute Gasteiger partial charge is 0.508 e. The first kappa shape index (κ1) is 16.3. The Bertz CT molecular complexity index is 1010. The summed E-state index contributed by atoms with van der Waals surface area (Å²) in [7, 11) is 0. The zero-order chi connectivity index (χ0) is 18.0. The summed E-state index contributed by atoms with van der Waals surface area (Å²) in [5.41, 5.74) is 0.132. The summed E-state index contributed by atoms with van der Waals surface area (Å²) in [5, 5.41) is 21.8. The van der Waals surface area contributed by atoms with Gasteiger partial charge in [0.05, 0.1) is 17.7 Å². The van der Waals surface area contributed by atoms with E-state index in [1.54, 1.807) is 6.92 Å². The van der Waals surface area contributed by atoms with Crippen LogP contribution in [0.3, 0.4) is 0 Å². The number of anilines is 1. The van der Waals surface area contributed by atoms with Crippen LogP contribution in [0.4, 0.5) is 10.5 Å². The number of benzene rings is 1. The van der Waals surface area contributed by atoms with Crippen LogP contribution in [0, 0.1) is 0 Å². The number of phenols is 1. The second-order valence-electron chi connectivity index (χ2n) is 5.07. The Kier molecular flexibility index (Phi) is 4.25. The van der Waals surface area contributed by atoms with Crippen LogP contribution in [0.2, 0.25) is 0 Å². The van der Waals surface area contributed by atoms with Crippen molar-refractivity contribution in [3.05, 3.63) is 46.6 Å². The maximum Gasteiger partial charge on any atom is 0.411 e. The highest BCUT2D eigenvalue weighted by Crippen LogP contribution is 2.32. The van der Waals surface area contributed by atoms with Gasteiger partial charge in [0.15, 0.2) is 5.43 Å². The molecular formula is C17H14N2O6. The van der Waals surface area contributed by atoms with Crippen molar-refractivity contribution in [1.29, 1.82) is 0 Å². The van der Waals surface area contributed by atoms with Crippen LogP contribution < -0.4 is 10.7 Å². The van der Waals surface area contributed by atoms with Gasteiger partial charge in [-0.05, 0) is 25.1 Å². The van der Waals surface area contributed by atoms with Gasteiger partial charge in [0.2, 0.25) is 11.6 Å². The fourth-order valence-corrected chi connectivity index (χ4v) is 2.29. The van der Waals surface area contributed by atoms with Crippen LogP contribution in [0.1, 0.15) is 6.92 Å². The lowest BCUT2D eigenvalue weighted by atomic mass is 10.1. The maximum absolute atomic E-state index is 12.2. The molecule has 3 rings (SSSR count). The highest BCUT2D eigenvalue weighted by atomic mass is 16.5. The van der Waals surface area contributed by atoms with Gasteiger partial charge in [-0.25, -0.2) is 4.79 Å².